The number of hydrogen-bond acceptors (Lipinski definition) is 4. The Bertz CT molecular complexity index is 536. The van der Waals surface area contributed by atoms with Crippen LogP contribution in [0.3, 0.4) is 0 Å². The third-order valence-electron chi connectivity index (χ3n) is 2.13. The zero-order chi connectivity index (χ0) is 16.5. The number of oxime groups is 1. The van der Waals surface area contributed by atoms with Crippen LogP contribution in [0.15, 0.2) is 33.1 Å². The standard InChI is InChI=1S/C14H15BrCl2FNO3/c1-9(2)19-22-6-5-21-14-11(15)7-10(8-12(14)16)20-4-3-13(17)18/h3,7-8H,4-6H2,1-2H3/b13-3-. The van der Waals surface area contributed by atoms with Gasteiger partial charge in [-0.05, 0) is 35.8 Å². The van der Waals surface area contributed by atoms with E-state index in [4.69, 9.17) is 37.5 Å². The van der Waals surface area contributed by atoms with Gasteiger partial charge < -0.3 is 14.3 Å². The molecule has 0 heterocycles. The summed E-state index contributed by atoms with van der Waals surface area (Å²) in [7, 11) is 0. The van der Waals surface area contributed by atoms with Gasteiger partial charge in [-0.1, -0.05) is 28.4 Å². The lowest BCUT2D eigenvalue weighted by atomic mass is 10.3. The molecule has 0 radical (unpaired) electrons. The third-order valence-corrected chi connectivity index (χ3v) is 3.15. The summed E-state index contributed by atoms with van der Waals surface area (Å²) in [4.78, 5) is 5.02. The molecule has 0 fully saturated rings. The minimum Gasteiger partial charge on any atom is -0.489 e. The molecular weight excluding hydrogens is 400 g/mol. The predicted molar refractivity (Wildman–Crippen MR) is 89.9 cm³/mol. The van der Waals surface area contributed by atoms with Crippen molar-refractivity contribution in [1.82, 2.24) is 0 Å². The Morgan fingerprint density at radius 3 is 2.64 bits per heavy atom. The highest BCUT2D eigenvalue weighted by atomic mass is 79.9. The first-order chi connectivity index (χ1) is 10.4. The van der Waals surface area contributed by atoms with Gasteiger partial charge in [0.05, 0.1) is 15.2 Å². The van der Waals surface area contributed by atoms with Crippen LogP contribution in [0.5, 0.6) is 11.5 Å². The molecule has 0 bridgehead atoms. The fourth-order valence-corrected chi connectivity index (χ4v) is 2.31. The Kier molecular flexibility index (Phi) is 8.60. The number of nitrogens with zero attached hydrogens (tertiary/aromatic N) is 1. The van der Waals surface area contributed by atoms with Gasteiger partial charge in [-0.25, -0.2) is 0 Å². The third kappa shape index (κ3) is 7.33. The number of ether oxygens (including phenoxy) is 2. The summed E-state index contributed by atoms with van der Waals surface area (Å²) < 4.78 is 23.8. The lowest BCUT2D eigenvalue weighted by molar-refractivity contribution is 0.106. The van der Waals surface area contributed by atoms with E-state index in [1.165, 1.54) is 0 Å². The highest BCUT2D eigenvalue weighted by Gasteiger charge is 2.10. The lowest BCUT2D eigenvalue weighted by Gasteiger charge is -2.12. The molecule has 1 rings (SSSR count). The molecule has 0 aliphatic heterocycles. The summed E-state index contributed by atoms with van der Waals surface area (Å²) in [6.07, 6.45) is 1.10. The average Bonchev–Trinajstić information content (AvgIpc) is 2.40. The minimum atomic E-state index is -0.824. The smallest absolute Gasteiger partial charge is 0.188 e. The van der Waals surface area contributed by atoms with Crippen molar-refractivity contribution < 1.29 is 18.7 Å². The molecule has 4 nitrogen and oxygen atoms in total. The molecule has 0 amide bonds. The maximum atomic E-state index is 12.3. The zero-order valence-electron chi connectivity index (χ0n) is 12.0. The normalized spacial score (nSPS) is 11.1. The molecule has 0 N–H and O–H groups in total. The van der Waals surface area contributed by atoms with Crippen molar-refractivity contribution in [2.45, 2.75) is 13.8 Å². The van der Waals surface area contributed by atoms with Crippen LogP contribution < -0.4 is 9.47 Å². The molecule has 0 atom stereocenters. The second-order valence-corrected chi connectivity index (χ2v) is 5.86. The molecule has 1 aromatic rings. The molecule has 0 unspecified atom stereocenters. The van der Waals surface area contributed by atoms with Crippen molar-refractivity contribution >= 4 is 44.8 Å². The van der Waals surface area contributed by atoms with Crippen LogP contribution in [-0.2, 0) is 4.84 Å². The summed E-state index contributed by atoms with van der Waals surface area (Å²) >= 11 is 14.5. The van der Waals surface area contributed by atoms with Crippen LogP contribution in [0, 0.1) is 0 Å². The van der Waals surface area contributed by atoms with Crippen molar-refractivity contribution in [2.24, 2.45) is 5.16 Å². The van der Waals surface area contributed by atoms with Gasteiger partial charge in [-0.15, -0.1) is 0 Å². The van der Waals surface area contributed by atoms with Crippen molar-refractivity contribution in [3.05, 3.63) is 33.0 Å². The number of hydrogen-bond donors (Lipinski definition) is 0. The largest absolute Gasteiger partial charge is 0.489 e. The summed E-state index contributed by atoms with van der Waals surface area (Å²) in [5.41, 5.74) is 0.822. The highest BCUT2D eigenvalue weighted by Crippen LogP contribution is 2.37. The second-order valence-electron chi connectivity index (χ2n) is 4.24. The van der Waals surface area contributed by atoms with Crippen LogP contribution in [0.1, 0.15) is 13.8 Å². The van der Waals surface area contributed by atoms with E-state index in [0.717, 1.165) is 11.8 Å². The van der Waals surface area contributed by atoms with Crippen molar-refractivity contribution in [2.75, 3.05) is 19.8 Å². The Morgan fingerprint density at radius 2 is 2.05 bits per heavy atom. The SMILES string of the molecule is CC(C)=NOCCOc1c(Cl)cc(OC/C=C(\F)Cl)cc1Br. The molecule has 0 aromatic heterocycles. The summed E-state index contributed by atoms with van der Waals surface area (Å²) in [6.45, 7) is 4.25. The van der Waals surface area contributed by atoms with Crippen molar-refractivity contribution in [3.63, 3.8) is 0 Å². The molecule has 0 aliphatic rings. The van der Waals surface area contributed by atoms with E-state index in [9.17, 15) is 4.39 Å². The van der Waals surface area contributed by atoms with Crippen molar-refractivity contribution in [1.29, 1.82) is 0 Å². The van der Waals surface area contributed by atoms with Gasteiger partial charge >= 0.3 is 0 Å². The molecule has 0 aliphatic carbocycles. The summed E-state index contributed by atoms with van der Waals surface area (Å²) in [5, 5.41) is 3.32. The molecule has 1 aromatic carbocycles. The van der Waals surface area contributed by atoms with E-state index in [0.29, 0.717) is 27.6 Å². The number of rotatable bonds is 8. The molecule has 8 heteroatoms. The van der Waals surface area contributed by atoms with Gasteiger partial charge in [-0.2, -0.15) is 4.39 Å². The topological polar surface area (TPSA) is 40.0 Å². The Labute approximate surface area is 146 Å². The Morgan fingerprint density at radius 1 is 1.32 bits per heavy atom. The van der Waals surface area contributed by atoms with E-state index in [1.807, 2.05) is 13.8 Å². The monoisotopic (exact) mass is 413 g/mol. The van der Waals surface area contributed by atoms with E-state index >= 15 is 0 Å². The average molecular weight is 415 g/mol. The van der Waals surface area contributed by atoms with Crippen LogP contribution in [0.4, 0.5) is 4.39 Å². The first kappa shape index (κ1) is 19.1. The molecular formula is C14H15BrCl2FNO3. The van der Waals surface area contributed by atoms with Crippen LogP contribution >= 0.6 is 39.1 Å². The van der Waals surface area contributed by atoms with Crippen LogP contribution in [0.25, 0.3) is 0 Å². The number of benzene rings is 1. The lowest BCUT2D eigenvalue weighted by Crippen LogP contribution is -2.06. The van der Waals surface area contributed by atoms with Gasteiger partial charge in [0.1, 0.15) is 19.0 Å². The van der Waals surface area contributed by atoms with Crippen molar-refractivity contribution in [3.8, 4) is 11.5 Å². The first-order valence-electron chi connectivity index (χ1n) is 6.29. The Hall–Kier alpha value is -0.980. The highest BCUT2D eigenvalue weighted by molar-refractivity contribution is 9.10. The predicted octanol–water partition coefficient (Wildman–Crippen LogP) is 5.32. The molecule has 22 heavy (non-hydrogen) atoms. The van der Waals surface area contributed by atoms with Gasteiger partial charge in [0, 0.05) is 12.1 Å². The fraction of sp³-hybridized carbons (Fsp3) is 0.357. The van der Waals surface area contributed by atoms with Crippen LogP contribution in [0.2, 0.25) is 5.02 Å². The second kappa shape index (κ2) is 9.92. The Balaban J connectivity index is 2.58. The maximum absolute atomic E-state index is 12.3. The zero-order valence-corrected chi connectivity index (χ0v) is 15.1. The van der Waals surface area contributed by atoms with Gasteiger partial charge in [-0.3, -0.25) is 0 Å². The van der Waals surface area contributed by atoms with E-state index in [2.05, 4.69) is 21.1 Å². The molecule has 0 spiro atoms. The van der Waals surface area contributed by atoms with Crippen LogP contribution in [-0.4, -0.2) is 25.5 Å². The molecule has 122 valence electrons. The number of halogens is 4. The first-order valence-corrected chi connectivity index (χ1v) is 7.84. The maximum Gasteiger partial charge on any atom is 0.188 e. The molecule has 0 saturated carbocycles. The summed E-state index contributed by atoms with van der Waals surface area (Å²) in [5.74, 6) is 0.926. The van der Waals surface area contributed by atoms with E-state index < -0.39 is 5.29 Å². The van der Waals surface area contributed by atoms with E-state index in [1.54, 1.807) is 12.1 Å². The quantitative estimate of drug-likeness (QED) is 0.328. The molecule has 0 saturated heterocycles. The van der Waals surface area contributed by atoms with Gasteiger partial charge in [0.25, 0.3) is 0 Å². The van der Waals surface area contributed by atoms with Gasteiger partial charge in [0.2, 0.25) is 0 Å². The summed E-state index contributed by atoms with van der Waals surface area (Å²) in [6, 6.07) is 3.23. The van der Waals surface area contributed by atoms with E-state index in [-0.39, 0.29) is 13.2 Å². The minimum absolute atomic E-state index is 0.000515. The van der Waals surface area contributed by atoms with Gasteiger partial charge in [0.15, 0.2) is 17.6 Å². The fourth-order valence-electron chi connectivity index (χ4n) is 1.31.